The third kappa shape index (κ3) is 5.15. The highest BCUT2D eigenvalue weighted by Gasteiger charge is 2.09. The van der Waals surface area contributed by atoms with Gasteiger partial charge in [0, 0.05) is 5.56 Å². The molecule has 3 aromatic rings. The van der Waals surface area contributed by atoms with Gasteiger partial charge in [0.2, 0.25) is 0 Å². The van der Waals surface area contributed by atoms with E-state index in [-0.39, 0.29) is 12.2 Å². The maximum atomic E-state index is 11.2. The minimum atomic E-state index is -0.996. The number of carbonyl (C=O) groups is 1. The van der Waals surface area contributed by atoms with E-state index in [0.29, 0.717) is 17.2 Å². The summed E-state index contributed by atoms with van der Waals surface area (Å²) >= 11 is 0. The van der Waals surface area contributed by atoms with E-state index in [1.807, 2.05) is 50.2 Å². The van der Waals surface area contributed by atoms with Crippen LogP contribution in [-0.4, -0.2) is 17.7 Å². The summed E-state index contributed by atoms with van der Waals surface area (Å²) in [5.74, 6) is 6.54. The van der Waals surface area contributed by atoms with Crippen molar-refractivity contribution in [2.24, 2.45) is 0 Å². The first-order valence-electron chi connectivity index (χ1n) is 8.81. The Bertz CT molecular complexity index is 1040. The molecule has 0 radical (unpaired) electrons. The summed E-state index contributed by atoms with van der Waals surface area (Å²) < 4.78 is 11.6. The summed E-state index contributed by atoms with van der Waals surface area (Å²) in [6.07, 6.45) is 0. The van der Waals surface area contributed by atoms with Crippen LogP contribution in [0.5, 0.6) is 17.2 Å². The molecule has 4 nitrogen and oxygen atoms in total. The van der Waals surface area contributed by atoms with Crippen molar-refractivity contribution in [1.82, 2.24) is 0 Å². The zero-order chi connectivity index (χ0) is 19.9. The summed E-state index contributed by atoms with van der Waals surface area (Å²) in [5, 5.41) is 9.21. The normalized spacial score (nSPS) is 9.93. The number of ether oxygens (including phenoxy) is 2. The van der Waals surface area contributed by atoms with Crippen LogP contribution in [0.15, 0.2) is 66.7 Å². The maximum Gasteiger partial charge on any atom is 0.335 e. The van der Waals surface area contributed by atoms with E-state index < -0.39 is 5.97 Å². The van der Waals surface area contributed by atoms with Crippen LogP contribution >= 0.6 is 0 Å². The molecular weight excluding hydrogens is 352 g/mol. The lowest BCUT2D eigenvalue weighted by molar-refractivity contribution is 0.0696. The molecule has 0 aliphatic heterocycles. The summed E-state index contributed by atoms with van der Waals surface area (Å²) in [5.41, 5.74) is 3.10. The van der Waals surface area contributed by atoms with E-state index in [1.54, 1.807) is 24.3 Å². The first-order chi connectivity index (χ1) is 13.5. The first-order valence-corrected chi connectivity index (χ1v) is 8.81. The first kappa shape index (κ1) is 19.1. The van der Waals surface area contributed by atoms with Gasteiger partial charge < -0.3 is 14.6 Å². The molecule has 0 saturated heterocycles. The van der Waals surface area contributed by atoms with Crippen molar-refractivity contribution in [2.75, 3.05) is 6.61 Å². The van der Waals surface area contributed by atoms with Gasteiger partial charge in [-0.3, -0.25) is 0 Å². The Hall–Kier alpha value is -3.71. The van der Waals surface area contributed by atoms with Gasteiger partial charge in [-0.05, 0) is 61.9 Å². The van der Waals surface area contributed by atoms with E-state index in [2.05, 4.69) is 11.8 Å². The molecule has 0 spiro atoms. The van der Waals surface area contributed by atoms with Gasteiger partial charge in [0.15, 0.2) is 11.5 Å². The number of carboxylic acids is 1. The number of rotatable bonds is 5. The topological polar surface area (TPSA) is 55.8 Å². The molecule has 28 heavy (non-hydrogen) atoms. The molecule has 3 aromatic carbocycles. The second-order valence-electron chi connectivity index (χ2n) is 6.35. The third-order valence-corrected chi connectivity index (χ3v) is 3.96. The maximum absolute atomic E-state index is 11.2. The molecule has 0 amide bonds. The third-order valence-electron chi connectivity index (χ3n) is 3.96. The van der Waals surface area contributed by atoms with Crippen LogP contribution in [-0.2, 0) is 0 Å². The van der Waals surface area contributed by atoms with Crippen molar-refractivity contribution < 1.29 is 19.4 Å². The number of para-hydroxylation sites is 2. The largest absolute Gasteiger partial charge is 0.478 e. The highest BCUT2D eigenvalue weighted by molar-refractivity contribution is 5.88. The standard InChI is InChI=1S/C24H20O4/c1-17-9-11-19(12-10-17)6-5-13-27-22-7-3-4-8-23(22)28-21-15-18(2)14-20(16-21)24(25)26/h3-4,7-12,14-16H,13H2,1-2H3,(H,25,26). The fraction of sp³-hybridized carbons (Fsp3) is 0.125. The molecule has 3 rings (SSSR count). The number of benzene rings is 3. The van der Waals surface area contributed by atoms with Gasteiger partial charge in [-0.2, -0.15) is 0 Å². The summed E-state index contributed by atoms with van der Waals surface area (Å²) in [6, 6.07) is 20.1. The Morgan fingerprint density at radius 2 is 1.64 bits per heavy atom. The van der Waals surface area contributed by atoms with Crippen LogP contribution in [0.3, 0.4) is 0 Å². The van der Waals surface area contributed by atoms with E-state index >= 15 is 0 Å². The number of carboxylic acid groups (broad SMARTS) is 1. The molecule has 0 aromatic heterocycles. The lowest BCUT2D eigenvalue weighted by Gasteiger charge is -2.12. The Morgan fingerprint density at radius 1 is 0.929 bits per heavy atom. The van der Waals surface area contributed by atoms with Crippen LogP contribution in [0.2, 0.25) is 0 Å². The Morgan fingerprint density at radius 3 is 2.36 bits per heavy atom. The highest BCUT2D eigenvalue weighted by atomic mass is 16.5. The van der Waals surface area contributed by atoms with Gasteiger partial charge in [0.1, 0.15) is 12.4 Å². The molecular formula is C24H20O4. The van der Waals surface area contributed by atoms with Crippen molar-refractivity contribution in [1.29, 1.82) is 0 Å². The highest BCUT2D eigenvalue weighted by Crippen LogP contribution is 2.32. The number of hydrogen-bond acceptors (Lipinski definition) is 3. The van der Waals surface area contributed by atoms with E-state index in [0.717, 1.165) is 11.1 Å². The van der Waals surface area contributed by atoms with Gasteiger partial charge >= 0.3 is 5.97 Å². The molecule has 1 N–H and O–H groups in total. The Kier molecular flexibility index (Phi) is 5.98. The predicted octanol–water partition coefficient (Wildman–Crippen LogP) is 5.22. The molecule has 140 valence electrons. The monoisotopic (exact) mass is 372 g/mol. The summed E-state index contributed by atoms with van der Waals surface area (Å²) in [4.78, 5) is 11.2. The van der Waals surface area contributed by atoms with Crippen LogP contribution in [0.4, 0.5) is 0 Å². The molecule has 0 atom stereocenters. The van der Waals surface area contributed by atoms with Crippen LogP contribution < -0.4 is 9.47 Å². The number of aromatic carboxylic acids is 1. The number of hydrogen-bond donors (Lipinski definition) is 1. The fourth-order valence-corrected chi connectivity index (χ4v) is 2.60. The number of aryl methyl sites for hydroxylation is 2. The van der Waals surface area contributed by atoms with Gasteiger partial charge in [-0.25, -0.2) is 4.79 Å². The molecule has 0 fully saturated rings. The summed E-state index contributed by atoms with van der Waals surface area (Å²) in [7, 11) is 0. The average Bonchev–Trinajstić information content (AvgIpc) is 2.67. The molecule has 0 aliphatic carbocycles. The Balaban J connectivity index is 1.72. The Labute approximate surface area is 164 Å². The quantitative estimate of drug-likeness (QED) is 0.624. The summed E-state index contributed by atoms with van der Waals surface area (Å²) in [6.45, 7) is 4.07. The SMILES string of the molecule is Cc1ccc(C#CCOc2ccccc2Oc2cc(C)cc(C(=O)O)c2)cc1. The van der Waals surface area contributed by atoms with Crippen molar-refractivity contribution in [3.8, 4) is 29.1 Å². The van der Waals surface area contributed by atoms with Gasteiger partial charge in [0.25, 0.3) is 0 Å². The van der Waals surface area contributed by atoms with E-state index in [9.17, 15) is 9.90 Å². The molecule has 0 unspecified atom stereocenters. The van der Waals surface area contributed by atoms with Gasteiger partial charge in [0.05, 0.1) is 5.56 Å². The van der Waals surface area contributed by atoms with Gasteiger partial charge in [-0.1, -0.05) is 41.7 Å². The molecule has 0 aliphatic rings. The average molecular weight is 372 g/mol. The van der Waals surface area contributed by atoms with Crippen molar-refractivity contribution in [2.45, 2.75) is 13.8 Å². The predicted molar refractivity (Wildman–Crippen MR) is 108 cm³/mol. The zero-order valence-electron chi connectivity index (χ0n) is 15.7. The van der Waals surface area contributed by atoms with Crippen molar-refractivity contribution in [3.05, 3.63) is 89.0 Å². The van der Waals surface area contributed by atoms with Crippen molar-refractivity contribution >= 4 is 5.97 Å². The molecule has 0 bridgehead atoms. The van der Waals surface area contributed by atoms with Crippen molar-refractivity contribution in [3.63, 3.8) is 0 Å². The molecule has 0 saturated carbocycles. The lowest BCUT2D eigenvalue weighted by Crippen LogP contribution is -1.99. The molecule has 0 heterocycles. The molecule has 4 heteroatoms. The minimum Gasteiger partial charge on any atom is -0.478 e. The fourth-order valence-electron chi connectivity index (χ4n) is 2.60. The van der Waals surface area contributed by atoms with E-state index in [4.69, 9.17) is 9.47 Å². The zero-order valence-corrected chi connectivity index (χ0v) is 15.7. The lowest BCUT2D eigenvalue weighted by atomic mass is 10.1. The van der Waals surface area contributed by atoms with Crippen LogP contribution in [0, 0.1) is 25.7 Å². The van der Waals surface area contributed by atoms with Gasteiger partial charge in [-0.15, -0.1) is 0 Å². The van der Waals surface area contributed by atoms with Crippen LogP contribution in [0.25, 0.3) is 0 Å². The second kappa shape index (κ2) is 8.79. The second-order valence-corrected chi connectivity index (χ2v) is 6.35. The van der Waals surface area contributed by atoms with Crippen LogP contribution in [0.1, 0.15) is 27.0 Å². The smallest absolute Gasteiger partial charge is 0.335 e. The minimum absolute atomic E-state index is 0.178. The van der Waals surface area contributed by atoms with E-state index in [1.165, 1.54) is 11.6 Å².